The lowest BCUT2D eigenvalue weighted by molar-refractivity contribution is 0.251. The summed E-state index contributed by atoms with van der Waals surface area (Å²) in [6.45, 7) is 5.78. The summed E-state index contributed by atoms with van der Waals surface area (Å²) in [7, 11) is 1.70. The highest BCUT2D eigenvalue weighted by atomic mass is 35.5. The third-order valence-corrected chi connectivity index (χ3v) is 3.65. The van der Waals surface area contributed by atoms with Crippen LogP contribution in [0.5, 0.6) is 5.75 Å². The van der Waals surface area contributed by atoms with Gasteiger partial charge in [0.05, 0.1) is 7.11 Å². The topological polar surface area (TPSA) is 12.5 Å². The van der Waals surface area contributed by atoms with E-state index in [4.69, 9.17) is 4.74 Å². The second-order valence-corrected chi connectivity index (χ2v) is 4.98. The van der Waals surface area contributed by atoms with E-state index >= 15 is 0 Å². The molecule has 0 unspecified atom stereocenters. The van der Waals surface area contributed by atoms with Crippen LogP contribution in [0.4, 0.5) is 0 Å². The minimum atomic E-state index is 0. The fraction of sp³-hybridized carbons (Fsp3) is 0.500. The Morgan fingerprint density at radius 2 is 1.79 bits per heavy atom. The number of piperidine rings is 1. The van der Waals surface area contributed by atoms with Gasteiger partial charge in [0.1, 0.15) is 5.75 Å². The largest absolute Gasteiger partial charge is 0.497 e. The standard InChI is InChI=1S/C16H23NO.ClH/c1-14(10-13-17-11-4-3-5-12-17)15-6-8-16(18-2)9-7-15;/h6-10H,3-5,11-13H2,1-2H3;1H/b14-10+;. The van der Waals surface area contributed by atoms with Gasteiger partial charge in [-0.3, -0.25) is 4.90 Å². The number of allylic oxidation sites excluding steroid dienone is 1. The van der Waals surface area contributed by atoms with Gasteiger partial charge in [-0.05, 0) is 56.1 Å². The van der Waals surface area contributed by atoms with Crippen molar-refractivity contribution in [1.82, 2.24) is 4.90 Å². The summed E-state index contributed by atoms with van der Waals surface area (Å²) in [5.74, 6) is 0.919. The van der Waals surface area contributed by atoms with Gasteiger partial charge in [0.15, 0.2) is 0 Å². The van der Waals surface area contributed by atoms with Gasteiger partial charge in [-0.1, -0.05) is 24.6 Å². The Kier molecular flexibility index (Phi) is 6.96. The van der Waals surface area contributed by atoms with Crippen molar-refractivity contribution >= 4 is 18.0 Å². The molecular formula is C16H24ClNO. The highest BCUT2D eigenvalue weighted by Crippen LogP contribution is 2.18. The predicted octanol–water partition coefficient (Wildman–Crippen LogP) is 4.01. The van der Waals surface area contributed by atoms with Crippen LogP contribution < -0.4 is 4.74 Å². The first-order valence-corrected chi connectivity index (χ1v) is 6.83. The monoisotopic (exact) mass is 281 g/mol. The van der Waals surface area contributed by atoms with Gasteiger partial charge in [-0.25, -0.2) is 0 Å². The fourth-order valence-corrected chi connectivity index (χ4v) is 2.38. The average Bonchev–Trinajstić information content (AvgIpc) is 2.46. The lowest BCUT2D eigenvalue weighted by Gasteiger charge is -2.25. The molecular weight excluding hydrogens is 258 g/mol. The van der Waals surface area contributed by atoms with Gasteiger partial charge in [0.2, 0.25) is 0 Å². The maximum absolute atomic E-state index is 5.18. The van der Waals surface area contributed by atoms with Crippen LogP contribution in [0.2, 0.25) is 0 Å². The highest BCUT2D eigenvalue weighted by molar-refractivity contribution is 5.85. The summed E-state index contributed by atoms with van der Waals surface area (Å²) in [6.07, 6.45) is 6.45. The number of hydrogen-bond acceptors (Lipinski definition) is 2. The normalized spacial score (nSPS) is 16.8. The van der Waals surface area contributed by atoms with Crippen LogP contribution >= 0.6 is 12.4 Å². The van der Waals surface area contributed by atoms with Gasteiger partial charge in [0.25, 0.3) is 0 Å². The lowest BCUT2D eigenvalue weighted by atomic mass is 10.1. The third-order valence-electron chi connectivity index (χ3n) is 3.65. The van der Waals surface area contributed by atoms with Crippen LogP contribution in [-0.4, -0.2) is 31.6 Å². The molecule has 3 heteroatoms. The molecule has 1 heterocycles. The van der Waals surface area contributed by atoms with E-state index in [1.54, 1.807) is 7.11 Å². The van der Waals surface area contributed by atoms with Crippen molar-refractivity contribution in [1.29, 1.82) is 0 Å². The smallest absolute Gasteiger partial charge is 0.118 e. The zero-order chi connectivity index (χ0) is 12.8. The Balaban J connectivity index is 0.00000180. The second kappa shape index (κ2) is 8.23. The molecule has 0 aliphatic carbocycles. The molecule has 0 bridgehead atoms. The van der Waals surface area contributed by atoms with Crippen molar-refractivity contribution in [3.05, 3.63) is 35.9 Å². The molecule has 2 rings (SSSR count). The minimum Gasteiger partial charge on any atom is -0.497 e. The summed E-state index contributed by atoms with van der Waals surface area (Å²) in [5, 5.41) is 0. The molecule has 2 nitrogen and oxygen atoms in total. The molecule has 0 N–H and O–H groups in total. The van der Waals surface area contributed by atoms with E-state index in [9.17, 15) is 0 Å². The maximum atomic E-state index is 5.18. The van der Waals surface area contributed by atoms with E-state index in [2.05, 4.69) is 30.0 Å². The first kappa shape index (κ1) is 16.1. The Hall–Kier alpha value is -0.990. The zero-order valence-electron chi connectivity index (χ0n) is 11.9. The predicted molar refractivity (Wildman–Crippen MR) is 84.2 cm³/mol. The molecule has 1 aromatic carbocycles. The average molecular weight is 282 g/mol. The number of hydrogen-bond donors (Lipinski definition) is 0. The molecule has 0 aromatic heterocycles. The first-order chi connectivity index (χ1) is 8.79. The summed E-state index contributed by atoms with van der Waals surface area (Å²) in [6, 6.07) is 8.29. The Morgan fingerprint density at radius 3 is 2.37 bits per heavy atom. The van der Waals surface area contributed by atoms with Gasteiger partial charge in [-0.15, -0.1) is 12.4 Å². The van der Waals surface area contributed by atoms with E-state index in [1.807, 2.05) is 12.1 Å². The van der Waals surface area contributed by atoms with E-state index in [0.29, 0.717) is 0 Å². The van der Waals surface area contributed by atoms with Crippen LogP contribution in [0.1, 0.15) is 31.7 Å². The zero-order valence-corrected chi connectivity index (χ0v) is 12.7. The van der Waals surface area contributed by atoms with E-state index < -0.39 is 0 Å². The number of halogens is 1. The summed E-state index contributed by atoms with van der Waals surface area (Å²) >= 11 is 0. The molecule has 1 aliphatic rings. The molecule has 0 amide bonds. The minimum absolute atomic E-state index is 0. The van der Waals surface area contributed by atoms with Gasteiger partial charge >= 0.3 is 0 Å². The van der Waals surface area contributed by atoms with Crippen LogP contribution in [0, 0.1) is 0 Å². The Bertz CT molecular complexity index is 394. The van der Waals surface area contributed by atoms with Crippen molar-refractivity contribution < 1.29 is 4.74 Å². The van der Waals surface area contributed by atoms with Crippen LogP contribution in [0.3, 0.4) is 0 Å². The molecule has 1 aliphatic heterocycles. The van der Waals surface area contributed by atoms with Crippen LogP contribution in [0.25, 0.3) is 5.57 Å². The molecule has 106 valence electrons. The number of likely N-dealkylation sites (tertiary alicyclic amines) is 1. The summed E-state index contributed by atoms with van der Waals surface area (Å²) in [5.41, 5.74) is 2.64. The molecule has 0 spiro atoms. The van der Waals surface area contributed by atoms with Crippen LogP contribution in [-0.2, 0) is 0 Å². The van der Waals surface area contributed by atoms with Crippen LogP contribution in [0.15, 0.2) is 30.3 Å². The molecule has 1 fully saturated rings. The van der Waals surface area contributed by atoms with Gasteiger partial charge in [-0.2, -0.15) is 0 Å². The van der Waals surface area contributed by atoms with Crippen molar-refractivity contribution in [2.75, 3.05) is 26.7 Å². The number of ether oxygens (including phenoxy) is 1. The van der Waals surface area contributed by atoms with Gasteiger partial charge < -0.3 is 4.74 Å². The quantitative estimate of drug-likeness (QED) is 0.827. The first-order valence-electron chi connectivity index (χ1n) is 6.83. The molecule has 19 heavy (non-hydrogen) atoms. The van der Waals surface area contributed by atoms with Gasteiger partial charge in [0, 0.05) is 6.54 Å². The van der Waals surface area contributed by atoms with Crippen molar-refractivity contribution in [3.63, 3.8) is 0 Å². The second-order valence-electron chi connectivity index (χ2n) is 4.98. The van der Waals surface area contributed by atoms with Crippen molar-refractivity contribution in [2.24, 2.45) is 0 Å². The molecule has 0 atom stereocenters. The Morgan fingerprint density at radius 1 is 1.16 bits per heavy atom. The molecule has 0 saturated carbocycles. The molecule has 0 radical (unpaired) electrons. The number of nitrogens with zero attached hydrogens (tertiary/aromatic N) is 1. The summed E-state index contributed by atoms with van der Waals surface area (Å²) < 4.78 is 5.18. The number of methoxy groups -OCH3 is 1. The Labute approximate surface area is 122 Å². The number of benzene rings is 1. The fourth-order valence-electron chi connectivity index (χ4n) is 2.38. The molecule has 1 aromatic rings. The van der Waals surface area contributed by atoms with E-state index in [1.165, 1.54) is 43.5 Å². The van der Waals surface area contributed by atoms with E-state index in [-0.39, 0.29) is 12.4 Å². The SMILES string of the molecule is COc1ccc(/C(C)=C/CN2CCCCC2)cc1.Cl. The third kappa shape index (κ3) is 4.88. The highest BCUT2D eigenvalue weighted by Gasteiger charge is 2.08. The maximum Gasteiger partial charge on any atom is 0.118 e. The van der Waals surface area contributed by atoms with E-state index in [0.717, 1.165) is 12.3 Å². The van der Waals surface area contributed by atoms with Crippen molar-refractivity contribution in [3.8, 4) is 5.75 Å². The number of rotatable bonds is 4. The summed E-state index contributed by atoms with van der Waals surface area (Å²) in [4.78, 5) is 2.54. The van der Waals surface area contributed by atoms with Crippen molar-refractivity contribution in [2.45, 2.75) is 26.2 Å². The molecule has 1 saturated heterocycles. The lowest BCUT2D eigenvalue weighted by Crippen LogP contribution is -2.29.